The summed E-state index contributed by atoms with van der Waals surface area (Å²) < 4.78 is 6.92. The molecule has 0 bridgehead atoms. The number of nitrogens with zero attached hydrogens (tertiary/aromatic N) is 3. The molecule has 1 amide bonds. The third kappa shape index (κ3) is 6.05. The molecule has 0 aliphatic rings. The van der Waals surface area contributed by atoms with Crippen LogP contribution in [0, 0.1) is 0 Å². The molecular weight excluding hydrogens is 298 g/mol. The zero-order valence-corrected chi connectivity index (χ0v) is 14.2. The molecule has 1 aromatic rings. The summed E-state index contributed by atoms with van der Waals surface area (Å²) in [5, 5.41) is 4.90. The summed E-state index contributed by atoms with van der Waals surface area (Å²) in [4.78, 5) is 13.3. The van der Waals surface area contributed by atoms with E-state index in [4.69, 9.17) is 16.3 Å². The fourth-order valence-electron chi connectivity index (χ4n) is 1.38. The quantitative estimate of drug-likeness (QED) is 0.782. The van der Waals surface area contributed by atoms with Gasteiger partial charge in [-0.25, -0.2) is 4.79 Å². The van der Waals surface area contributed by atoms with Gasteiger partial charge in [0.15, 0.2) is 0 Å². The number of hydrogen-bond acceptors (Lipinski definition) is 4. The first-order valence-corrected chi connectivity index (χ1v) is 7.92. The summed E-state index contributed by atoms with van der Waals surface area (Å²) in [5.41, 5.74) is 0.492. The Labute approximate surface area is 129 Å². The summed E-state index contributed by atoms with van der Waals surface area (Å²) in [5.74, 6) is 1.60. The van der Waals surface area contributed by atoms with Crippen molar-refractivity contribution < 1.29 is 9.53 Å². The van der Waals surface area contributed by atoms with E-state index in [-0.39, 0.29) is 6.09 Å². The second-order valence-corrected chi connectivity index (χ2v) is 7.03. The largest absolute Gasteiger partial charge is 0.444 e. The Morgan fingerprint density at radius 1 is 1.55 bits per heavy atom. The minimum absolute atomic E-state index is 0.293. The molecule has 0 aromatic carbocycles. The number of halogens is 1. The van der Waals surface area contributed by atoms with Gasteiger partial charge in [-0.05, 0) is 26.8 Å². The van der Waals surface area contributed by atoms with Crippen molar-refractivity contribution in [3.8, 4) is 0 Å². The lowest BCUT2D eigenvalue weighted by atomic mass is 10.2. The molecule has 0 aliphatic carbocycles. The number of hydrogen-bond donors (Lipinski definition) is 0. The molecule has 0 saturated carbocycles. The molecule has 7 heteroatoms. The first-order chi connectivity index (χ1) is 9.19. The van der Waals surface area contributed by atoms with E-state index in [1.165, 1.54) is 0 Å². The fourth-order valence-corrected chi connectivity index (χ4v) is 2.44. The van der Waals surface area contributed by atoms with Crippen LogP contribution in [0.2, 0.25) is 5.15 Å². The predicted molar refractivity (Wildman–Crippen MR) is 83.2 cm³/mol. The molecule has 0 atom stereocenters. The number of carbonyl (C=O) groups is 1. The first kappa shape index (κ1) is 17.2. The third-order valence-electron chi connectivity index (χ3n) is 2.40. The molecule has 0 N–H and O–H groups in total. The van der Waals surface area contributed by atoms with Gasteiger partial charge in [0.1, 0.15) is 10.8 Å². The highest BCUT2D eigenvalue weighted by molar-refractivity contribution is 7.98. The van der Waals surface area contributed by atoms with Crippen molar-refractivity contribution >= 4 is 29.5 Å². The SMILES string of the molecule is CN(CCSCc1cc(Cl)n(C)n1)C(=O)OC(C)(C)C. The summed E-state index contributed by atoms with van der Waals surface area (Å²) in [6, 6.07) is 1.85. The summed E-state index contributed by atoms with van der Waals surface area (Å²) >= 11 is 7.63. The Bertz CT molecular complexity index is 437. The Balaban J connectivity index is 2.25. The van der Waals surface area contributed by atoms with Gasteiger partial charge in [0.05, 0.1) is 5.69 Å². The topological polar surface area (TPSA) is 47.4 Å². The maximum atomic E-state index is 11.7. The van der Waals surface area contributed by atoms with Crippen LogP contribution >= 0.6 is 23.4 Å². The van der Waals surface area contributed by atoms with Gasteiger partial charge in [0, 0.05) is 32.1 Å². The summed E-state index contributed by atoms with van der Waals surface area (Å²) in [6.45, 7) is 6.22. The van der Waals surface area contributed by atoms with E-state index in [2.05, 4.69) is 5.10 Å². The van der Waals surface area contributed by atoms with Crippen LogP contribution in [0.4, 0.5) is 4.79 Å². The van der Waals surface area contributed by atoms with Crippen molar-refractivity contribution in [3.63, 3.8) is 0 Å². The molecule has 5 nitrogen and oxygen atoms in total. The van der Waals surface area contributed by atoms with Gasteiger partial charge in [-0.3, -0.25) is 4.68 Å². The molecule has 0 unspecified atom stereocenters. The predicted octanol–water partition coefficient (Wildman–Crippen LogP) is 3.17. The van der Waals surface area contributed by atoms with Crippen LogP contribution in [-0.4, -0.2) is 45.7 Å². The maximum Gasteiger partial charge on any atom is 0.410 e. The Kier molecular flexibility index (Phi) is 6.20. The van der Waals surface area contributed by atoms with Gasteiger partial charge < -0.3 is 9.64 Å². The van der Waals surface area contributed by atoms with Crippen molar-refractivity contribution in [2.24, 2.45) is 7.05 Å². The molecule has 0 radical (unpaired) electrons. The third-order valence-corrected chi connectivity index (χ3v) is 3.72. The van der Waals surface area contributed by atoms with E-state index >= 15 is 0 Å². The van der Waals surface area contributed by atoms with Crippen molar-refractivity contribution in [2.45, 2.75) is 32.1 Å². The summed E-state index contributed by atoms with van der Waals surface area (Å²) in [7, 11) is 3.55. The molecule has 0 fully saturated rings. The standard InChI is InChI=1S/C13H22ClN3O2S/c1-13(2,3)19-12(18)16(4)6-7-20-9-10-8-11(14)17(5)15-10/h8H,6-7,9H2,1-5H3. The molecule has 20 heavy (non-hydrogen) atoms. The highest BCUT2D eigenvalue weighted by Gasteiger charge is 2.19. The second kappa shape index (κ2) is 7.22. The van der Waals surface area contributed by atoms with Gasteiger partial charge in [-0.2, -0.15) is 16.9 Å². The van der Waals surface area contributed by atoms with E-state index in [1.807, 2.05) is 33.9 Å². The molecule has 114 valence electrons. The molecule has 1 heterocycles. The number of aryl methyl sites for hydroxylation is 1. The number of amides is 1. The molecular formula is C13H22ClN3O2S. The smallest absolute Gasteiger partial charge is 0.410 e. The van der Waals surface area contributed by atoms with Crippen LogP contribution in [-0.2, 0) is 17.5 Å². The molecule has 0 aliphatic heterocycles. The number of carbonyl (C=O) groups excluding carboxylic acids is 1. The van der Waals surface area contributed by atoms with Crippen LogP contribution in [0.5, 0.6) is 0 Å². The van der Waals surface area contributed by atoms with E-state index in [0.29, 0.717) is 11.7 Å². The minimum atomic E-state index is -0.455. The second-order valence-electron chi connectivity index (χ2n) is 5.54. The van der Waals surface area contributed by atoms with E-state index < -0.39 is 5.60 Å². The van der Waals surface area contributed by atoms with Crippen molar-refractivity contribution in [3.05, 3.63) is 16.9 Å². The normalized spacial score (nSPS) is 11.5. The average molecular weight is 320 g/mol. The van der Waals surface area contributed by atoms with Crippen molar-refractivity contribution in [1.82, 2.24) is 14.7 Å². The number of aromatic nitrogens is 2. The first-order valence-electron chi connectivity index (χ1n) is 6.39. The number of thioether (sulfide) groups is 1. The van der Waals surface area contributed by atoms with Crippen molar-refractivity contribution in [1.29, 1.82) is 0 Å². The fraction of sp³-hybridized carbons (Fsp3) is 0.692. The minimum Gasteiger partial charge on any atom is -0.444 e. The van der Waals surface area contributed by atoms with E-state index in [9.17, 15) is 4.79 Å². The van der Waals surface area contributed by atoms with Gasteiger partial charge in [-0.15, -0.1) is 0 Å². The van der Waals surface area contributed by atoms with E-state index in [0.717, 1.165) is 17.2 Å². The van der Waals surface area contributed by atoms with Crippen LogP contribution in [0.1, 0.15) is 26.5 Å². The number of ether oxygens (including phenoxy) is 1. The van der Waals surface area contributed by atoms with E-state index in [1.54, 1.807) is 28.4 Å². The molecule has 1 aromatic heterocycles. The van der Waals surface area contributed by atoms with Gasteiger partial charge in [-0.1, -0.05) is 11.6 Å². The highest BCUT2D eigenvalue weighted by Crippen LogP contribution is 2.15. The maximum absolute atomic E-state index is 11.7. The zero-order valence-electron chi connectivity index (χ0n) is 12.6. The summed E-state index contributed by atoms with van der Waals surface area (Å²) in [6.07, 6.45) is -0.293. The molecule has 0 spiro atoms. The lowest BCUT2D eigenvalue weighted by molar-refractivity contribution is 0.0309. The van der Waals surface area contributed by atoms with Gasteiger partial charge >= 0.3 is 6.09 Å². The lowest BCUT2D eigenvalue weighted by Gasteiger charge is -2.24. The molecule has 0 saturated heterocycles. The van der Waals surface area contributed by atoms with Crippen LogP contribution < -0.4 is 0 Å². The van der Waals surface area contributed by atoms with Gasteiger partial charge in [0.25, 0.3) is 0 Å². The monoisotopic (exact) mass is 319 g/mol. The van der Waals surface area contributed by atoms with Gasteiger partial charge in [0.2, 0.25) is 0 Å². The van der Waals surface area contributed by atoms with Crippen molar-refractivity contribution in [2.75, 3.05) is 19.3 Å². The highest BCUT2D eigenvalue weighted by atomic mass is 35.5. The average Bonchev–Trinajstić information content (AvgIpc) is 2.62. The Hall–Kier alpha value is -0.880. The Morgan fingerprint density at radius 3 is 2.70 bits per heavy atom. The molecule has 1 rings (SSSR count). The number of rotatable bonds is 5. The van der Waals surface area contributed by atoms with Crippen LogP contribution in [0.15, 0.2) is 6.07 Å². The van der Waals surface area contributed by atoms with Crippen LogP contribution in [0.3, 0.4) is 0 Å². The zero-order chi connectivity index (χ0) is 15.3. The van der Waals surface area contributed by atoms with Crippen LogP contribution in [0.25, 0.3) is 0 Å². The Morgan fingerprint density at radius 2 is 2.20 bits per heavy atom. The lowest BCUT2D eigenvalue weighted by Crippen LogP contribution is -2.35.